The Morgan fingerprint density at radius 1 is 1.47 bits per heavy atom. The van der Waals surface area contributed by atoms with Gasteiger partial charge in [-0.25, -0.2) is 9.97 Å². The maximum Gasteiger partial charge on any atom is 0.134 e. The van der Waals surface area contributed by atoms with Crippen molar-refractivity contribution in [3.05, 3.63) is 11.9 Å². The van der Waals surface area contributed by atoms with Crippen LogP contribution in [0.3, 0.4) is 0 Å². The Kier molecular flexibility index (Phi) is 4.96. The van der Waals surface area contributed by atoms with Gasteiger partial charge in [0.25, 0.3) is 0 Å². The van der Waals surface area contributed by atoms with Gasteiger partial charge in [0.2, 0.25) is 0 Å². The summed E-state index contributed by atoms with van der Waals surface area (Å²) in [5.41, 5.74) is 5.68. The largest absolute Gasteiger partial charge is 0.370 e. The minimum Gasteiger partial charge on any atom is -0.370 e. The van der Waals surface area contributed by atoms with Crippen LogP contribution >= 0.6 is 0 Å². The first-order chi connectivity index (χ1) is 9.22. The highest BCUT2D eigenvalue weighted by Gasteiger charge is 2.20. The summed E-state index contributed by atoms with van der Waals surface area (Å²) in [4.78, 5) is 11.4. The Labute approximate surface area is 115 Å². The summed E-state index contributed by atoms with van der Waals surface area (Å²) in [6.45, 7) is 7.85. The van der Waals surface area contributed by atoms with Crippen LogP contribution in [0.5, 0.6) is 0 Å². The van der Waals surface area contributed by atoms with Crippen molar-refractivity contribution < 1.29 is 0 Å². The van der Waals surface area contributed by atoms with Gasteiger partial charge in [0, 0.05) is 25.7 Å². The van der Waals surface area contributed by atoms with Gasteiger partial charge < -0.3 is 16.0 Å². The molecule has 0 radical (unpaired) electrons. The minimum atomic E-state index is 0.705. The van der Waals surface area contributed by atoms with Gasteiger partial charge in [0.05, 0.1) is 0 Å². The molecule has 19 heavy (non-hydrogen) atoms. The summed E-state index contributed by atoms with van der Waals surface area (Å²) in [5.74, 6) is 3.50. The highest BCUT2D eigenvalue weighted by Crippen LogP contribution is 2.24. The molecule has 0 amide bonds. The van der Waals surface area contributed by atoms with E-state index in [2.05, 4.69) is 33.2 Å². The Balaban J connectivity index is 2.11. The third kappa shape index (κ3) is 3.80. The van der Waals surface area contributed by atoms with Gasteiger partial charge in [0.15, 0.2) is 0 Å². The highest BCUT2D eigenvalue weighted by atomic mass is 15.2. The molecule has 2 heterocycles. The summed E-state index contributed by atoms with van der Waals surface area (Å²) in [6, 6.07) is 2.06. The van der Waals surface area contributed by atoms with Gasteiger partial charge in [0.1, 0.15) is 17.5 Å². The van der Waals surface area contributed by atoms with Crippen molar-refractivity contribution in [1.82, 2.24) is 9.97 Å². The van der Waals surface area contributed by atoms with Crippen molar-refractivity contribution in [3.63, 3.8) is 0 Å². The molecule has 1 fully saturated rings. The summed E-state index contributed by atoms with van der Waals surface area (Å²) >= 11 is 0. The molecule has 5 nitrogen and oxygen atoms in total. The fraction of sp³-hybridized carbons (Fsp3) is 0.714. The van der Waals surface area contributed by atoms with Crippen LogP contribution in [0.1, 0.15) is 32.0 Å². The van der Waals surface area contributed by atoms with E-state index in [1.54, 1.807) is 0 Å². The quantitative estimate of drug-likeness (QED) is 0.847. The molecule has 1 aromatic heterocycles. The fourth-order valence-corrected chi connectivity index (χ4v) is 2.73. The van der Waals surface area contributed by atoms with Gasteiger partial charge >= 0.3 is 0 Å². The topological polar surface area (TPSA) is 67.1 Å². The first-order valence-corrected chi connectivity index (χ1v) is 7.27. The summed E-state index contributed by atoms with van der Waals surface area (Å²) in [5, 5.41) is 3.27. The Morgan fingerprint density at radius 2 is 2.32 bits per heavy atom. The van der Waals surface area contributed by atoms with Gasteiger partial charge in [-0.3, -0.25) is 0 Å². The monoisotopic (exact) mass is 263 g/mol. The summed E-state index contributed by atoms with van der Waals surface area (Å²) < 4.78 is 0. The summed E-state index contributed by atoms with van der Waals surface area (Å²) in [6.07, 6.45) is 3.63. The average molecular weight is 263 g/mol. The Hall–Kier alpha value is -1.36. The molecule has 2 rings (SSSR count). The van der Waals surface area contributed by atoms with Crippen molar-refractivity contribution in [2.24, 2.45) is 11.7 Å². The van der Waals surface area contributed by atoms with E-state index in [0.29, 0.717) is 5.92 Å². The number of hydrogen-bond donors (Lipinski definition) is 2. The van der Waals surface area contributed by atoms with E-state index in [9.17, 15) is 0 Å². The molecule has 1 saturated heterocycles. The zero-order chi connectivity index (χ0) is 13.7. The van der Waals surface area contributed by atoms with Crippen LogP contribution in [-0.4, -0.2) is 36.1 Å². The zero-order valence-electron chi connectivity index (χ0n) is 12.0. The van der Waals surface area contributed by atoms with Crippen LogP contribution in [0.25, 0.3) is 0 Å². The molecule has 1 aliphatic heterocycles. The molecule has 0 aliphatic carbocycles. The molecule has 1 aliphatic rings. The van der Waals surface area contributed by atoms with Gasteiger partial charge in [-0.15, -0.1) is 0 Å². The fourth-order valence-electron chi connectivity index (χ4n) is 2.73. The lowest BCUT2D eigenvalue weighted by Gasteiger charge is -2.33. The first-order valence-electron chi connectivity index (χ1n) is 7.27. The molecule has 0 saturated carbocycles. The normalized spacial score (nSPS) is 19.5. The van der Waals surface area contributed by atoms with E-state index in [1.807, 2.05) is 6.92 Å². The van der Waals surface area contributed by atoms with Crippen LogP contribution < -0.4 is 16.0 Å². The molecule has 0 aromatic carbocycles. The second kappa shape index (κ2) is 6.70. The maximum atomic E-state index is 5.68. The Morgan fingerprint density at radius 3 is 3.05 bits per heavy atom. The second-order valence-corrected chi connectivity index (χ2v) is 5.22. The smallest absolute Gasteiger partial charge is 0.134 e. The molecule has 3 N–H and O–H groups in total. The molecule has 0 spiro atoms. The first kappa shape index (κ1) is 14.1. The molecule has 1 atom stereocenters. The standard InChI is InChI=1S/C14H25N5/c1-3-16-13-9-14(18-11(2)17-13)19-8-4-5-12(10-19)6-7-15/h9,12H,3-8,10,15H2,1-2H3,(H,16,17,18). The van der Waals surface area contributed by atoms with Crippen LogP contribution in [-0.2, 0) is 0 Å². The van der Waals surface area contributed by atoms with Crippen LogP contribution in [0.15, 0.2) is 6.07 Å². The SMILES string of the molecule is CCNc1cc(N2CCCC(CCN)C2)nc(C)n1. The lowest BCUT2D eigenvalue weighted by molar-refractivity contribution is 0.394. The third-order valence-electron chi connectivity index (χ3n) is 3.60. The highest BCUT2D eigenvalue weighted by molar-refractivity contribution is 5.49. The third-order valence-corrected chi connectivity index (χ3v) is 3.60. The minimum absolute atomic E-state index is 0.705. The van der Waals surface area contributed by atoms with Crippen molar-refractivity contribution in [1.29, 1.82) is 0 Å². The molecule has 1 unspecified atom stereocenters. The molecular weight excluding hydrogens is 238 g/mol. The van der Waals surface area contributed by atoms with Crippen molar-refractivity contribution in [2.45, 2.75) is 33.1 Å². The number of hydrogen-bond acceptors (Lipinski definition) is 5. The van der Waals surface area contributed by atoms with Crippen molar-refractivity contribution in [2.75, 3.05) is 36.4 Å². The van der Waals surface area contributed by atoms with E-state index < -0.39 is 0 Å². The molecule has 0 bridgehead atoms. The number of anilines is 2. The van der Waals surface area contributed by atoms with Gasteiger partial charge in [-0.05, 0) is 45.6 Å². The number of nitrogens with one attached hydrogen (secondary N) is 1. The molecule has 5 heteroatoms. The van der Waals surface area contributed by atoms with Crippen LogP contribution in [0.4, 0.5) is 11.6 Å². The number of aromatic nitrogens is 2. The molecular formula is C14H25N5. The zero-order valence-corrected chi connectivity index (χ0v) is 12.0. The number of rotatable bonds is 5. The lowest BCUT2D eigenvalue weighted by atomic mass is 9.95. The van der Waals surface area contributed by atoms with E-state index >= 15 is 0 Å². The predicted molar refractivity (Wildman–Crippen MR) is 79.5 cm³/mol. The number of nitrogens with zero attached hydrogens (tertiary/aromatic N) is 3. The van der Waals surface area contributed by atoms with E-state index in [4.69, 9.17) is 5.73 Å². The van der Waals surface area contributed by atoms with E-state index in [0.717, 1.165) is 50.1 Å². The van der Waals surface area contributed by atoms with Gasteiger partial charge in [-0.2, -0.15) is 0 Å². The molecule has 106 valence electrons. The maximum absolute atomic E-state index is 5.68. The van der Waals surface area contributed by atoms with Crippen molar-refractivity contribution in [3.8, 4) is 0 Å². The van der Waals surface area contributed by atoms with Crippen LogP contribution in [0.2, 0.25) is 0 Å². The average Bonchev–Trinajstić information content (AvgIpc) is 2.39. The summed E-state index contributed by atoms with van der Waals surface area (Å²) in [7, 11) is 0. The van der Waals surface area contributed by atoms with E-state index in [1.165, 1.54) is 12.8 Å². The predicted octanol–water partition coefficient (Wildman–Crippen LogP) is 1.78. The van der Waals surface area contributed by atoms with E-state index in [-0.39, 0.29) is 0 Å². The Bertz CT molecular complexity index is 405. The second-order valence-electron chi connectivity index (χ2n) is 5.22. The molecule has 1 aromatic rings. The number of piperidine rings is 1. The van der Waals surface area contributed by atoms with Crippen molar-refractivity contribution >= 4 is 11.6 Å². The number of nitrogens with two attached hydrogens (primary N) is 1. The van der Waals surface area contributed by atoms with Gasteiger partial charge in [-0.1, -0.05) is 0 Å². The lowest BCUT2D eigenvalue weighted by Crippen LogP contribution is -2.36. The number of aryl methyl sites for hydroxylation is 1. The van der Waals surface area contributed by atoms with Crippen LogP contribution in [0, 0.1) is 12.8 Å².